The Morgan fingerprint density at radius 3 is 1.61 bits per heavy atom. The Balaban J connectivity index is 1.05. The SMILES string of the molecule is c1ccc(-c2nc(-c3ccc4cc(-c5cccc(-c6ccc7ccccc7c6)c5)ccc4c3)nc(-c3cccc4c3sc3ccccc34)n2)cc1. The smallest absolute Gasteiger partial charge is 0.165 e. The molecule has 0 saturated heterocycles. The number of aromatic nitrogens is 3. The average molecular weight is 668 g/mol. The van der Waals surface area contributed by atoms with Crippen LogP contribution in [-0.2, 0) is 0 Å². The van der Waals surface area contributed by atoms with Crippen molar-refractivity contribution in [2.75, 3.05) is 0 Å². The maximum atomic E-state index is 5.13. The Labute approximate surface area is 299 Å². The summed E-state index contributed by atoms with van der Waals surface area (Å²) < 4.78 is 2.44. The van der Waals surface area contributed by atoms with Gasteiger partial charge in [-0.15, -0.1) is 11.3 Å². The molecule has 3 nitrogen and oxygen atoms in total. The minimum Gasteiger partial charge on any atom is -0.208 e. The lowest BCUT2D eigenvalue weighted by molar-refractivity contribution is 1.08. The van der Waals surface area contributed by atoms with Crippen LogP contribution in [0.4, 0.5) is 0 Å². The van der Waals surface area contributed by atoms with E-state index in [1.165, 1.54) is 58.6 Å². The fourth-order valence-electron chi connectivity index (χ4n) is 7.08. The molecule has 51 heavy (non-hydrogen) atoms. The van der Waals surface area contributed by atoms with Crippen molar-refractivity contribution in [1.82, 2.24) is 15.0 Å². The van der Waals surface area contributed by atoms with Crippen molar-refractivity contribution < 1.29 is 0 Å². The van der Waals surface area contributed by atoms with Crippen LogP contribution < -0.4 is 0 Å². The topological polar surface area (TPSA) is 38.7 Å². The Morgan fingerprint density at radius 2 is 0.824 bits per heavy atom. The predicted molar refractivity (Wildman–Crippen MR) is 215 cm³/mol. The van der Waals surface area contributed by atoms with Gasteiger partial charge in [0, 0.05) is 36.9 Å². The summed E-state index contributed by atoms with van der Waals surface area (Å²) >= 11 is 1.79. The lowest BCUT2D eigenvalue weighted by Crippen LogP contribution is -2.00. The van der Waals surface area contributed by atoms with Gasteiger partial charge < -0.3 is 0 Å². The first-order valence-electron chi connectivity index (χ1n) is 17.1. The first-order valence-corrected chi connectivity index (χ1v) is 17.9. The summed E-state index contributed by atoms with van der Waals surface area (Å²) in [4.78, 5) is 15.2. The number of thiophene rings is 1. The van der Waals surface area contributed by atoms with E-state index in [4.69, 9.17) is 15.0 Å². The molecule has 0 radical (unpaired) electrons. The van der Waals surface area contributed by atoms with Crippen LogP contribution in [0.1, 0.15) is 0 Å². The number of benzene rings is 8. The molecular formula is C47H29N3S. The zero-order chi connectivity index (χ0) is 33.7. The zero-order valence-corrected chi connectivity index (χ0v) is 28.3. The van der Waals surface area contributed by atoms with Crippen molar-refractivity contribution in [3.63, 3.8) is 0 Å². The second kappa shape index (κ2) is 12.1. The summed E-state index contributed by atoms with van der Waals surface area (Å²) in [6.45, 7) is 0. The highest BCUT2D eigenvalue weighted by molar-refractivity contribution is 7.26. The first-order chi connectivity index (χ1) is 25.2. The molecule has 0 aliphatic rings. The van der Waals surface area contributed by atoms with Crippen molar-refractivity contribution in [2.24, 2.45) is 0 Å². The van der Waals surface area contributed by atoms with Crippen molar-refractivity contribution in [1.29, 1.82) is 0 Å². The molecule has 8 aromatic carbocycles. The van der Waals surface area contributed by atoms with Gasteiger partial charge in [-0.25, -0.2) is 15.0 Å². The summed E-state index contributed by atoms with van der Waals surface area (Å²) in [5.74, 6) is 2.00. The van der Waals surface area contributed by atoms with Crippen LogP contribution in [0.25, 0.3) is 98.1 Å². The molecule has 0 aliphatic carbocycles. The Hall–Kier alpha value is -6.49. The normalized spacial score (nSPS) is 11.5. The van der Waals surface area contributed by atoms with Gasteiger partial charge in [-0.2, -0.15) is 0 Å². The van der Waals surface area contributed by atoms with Gasteiger partial charge in [0.05, 0.1) is 0 Å². The molecule has 0 amide bonds. The summed E-state index contributed by atoms with van der Waals surface area (Å²) in [5, 5.41) is 7.29. The molecule has 2 heterocycles. The quantitative estimate of drug-likeness (QED) is 0.183. The molecule has 4 heteroatoms. The number of nitrogens with zero attached hydrogens (tertiary/aromatic N) is 3. The molecule has 0 atom stereocenters. The molecule has 0 unspecified atom stereocenters. The Bertz CT molecular complexity index is 2930. The standard InChI is InChI=1S/C47H29N3S/c1-2-11-31(12-3-1)45-48-46(50-47(49-45)42-18-9-17-41-40-16-6-7-19-43(40)51-44(41)42)39-25-24-37-28-36(22-23-38(37)29-39)34-15-8-14-33(27-34)35-21-20-30-10-4-5-13-32(30)26-35/h1-29H. The summed E-state index contributed by atoms with van der Waals surface area (Å²) in [7, 11) is 0. The third-order valence-corrected chi connectivity index (χ3v) is 10.9. The Morgan fingerprint density at radius 1 is 0.314 bits per heavy atom. The molecule has 0 spiro atoms. The second-order valence-electron chi connectivity index (χ2n) is 12.9. The molecule has 10 aromatic rings. The number of fused-ring (bicyclic) bond motifs is 5. The molecule has 10 rings (SSSR count). The molecule has 0 fully saturated rings. The first kappa shape index (κ1) is 29.4. The largest absolute Gasteiger partial charge is 0.208 e. The monoisotopic (exact) mass is 667 g/mol. The highest BCUT2D eigenvalue weighted by Gasteiger charge is 2.17. The van der Waals surface area contributed by atoms with Crippen molar-refractivity contribution in [2.45, 2.75) is 0 Å². The summed E-state index contributed by atoms with van der Waals surface area (Å²) in [6.07, 6.45) is 0. The van der Waals surface area contributed by atoms with Crippen LogP contribution in [0.3, 0.4) is 0 Å². The third-order valence-electron chi connectivity index (χ3n) is 9.69. The van der Waals surface area contributed by atoms with E-state index in [2.05, 4.69) is 158 Å². The number of hydrogen-bond donors (Lipinski definition) is 0. The van der Waals surface area contributed by atoms with Gasteiger partial charge in [0.1, 0.15) is 0 Å². The van der Waals surface area contributed by atoms with Gasteiger partial charge in [0.25, 0.3) is 0 Å². The van der Waals surface area contributed by atoms with E-state index in [0.29, 0.717) is 17.5 Å². The molecular weight excluding hydrogens is 639 g/mol. The van der Waals surface area contributed by atoms with Crippen molar-refractivity contribution in [3.8, 4) is 56.4 Å². The van der Waals surface area contributed by atoms with E-state index in [1.807, 2.05) is 18.2 Å². The second-order valence-corrected chi connectivity index (χ2v) is 13.9. The van der Waals surface area contributed by atoms with E-state index in [9.17, 15) is 0 Å². The van der Waals surface area contributed by atoms with Crippen LogP contribution in [0.5, 0.6) is 0 Å². The minimum absolute atomic E-state index is 0.658. The van der Waals surface area contributed by atoms with Gasteiger partial charge in [-0.3, -0.25) is 0 Å². The number of rotatable bonds is 5. The highest BCUT2D eigenvalue weighted by atomic mass is 32.1. The molecule has 2 aromatic heterocycles. The van der Waals surface area contributed by atoms with Crippen LogP contribution in [0.2, 0.25) is 0 Å². The fourth-order valence-corrected chi connectivity index (χ4v) is 8.29. The Kier molecular flexibility index (Phi) is 7.00. The maximum Gasteiger partial charge on any atom is 0.165 e. The van der Waals surface area contributed by atoms with E-state index in [-0.39, 0.29) is 0 Å². The van der Waals surface area contributed by atoms with Crippen molar-refractivity contribution >= 4 is 53.1 Å². The van der Waals surface area contributed by atoms with Gasteiger partial charge >= 0.3 is 0 Å². The van der Waals surface area contributed by atoms with Crippen molar-refractivity contribution in [3.05, 3.63) is 176 Å². The molecule has 0 bridgehead atoms. The van der Waals surface area contributed by atoms with Gasteiger partial charge in [-0.1, -0.05) is 140 Å². The van der Waals surface area contributed by atoms with Crippen LogP contribution >= 0.6 is 11.3 Å². The zero-order valence-electron chi connectivity index (χ0n) is 27.5. The predicted octanol–water partition coefficient (Wildman–Crippen LogP) is 12.9. The van der Waals surface area contributed by atoms with Gasteiger partial charge in [0.2, 0.25) is 0 Å². The molecule has 0 N–H and O–H groups in total. The van der Waals surface area contributed by atoms with Crippen LogP contribution in [-0.4, -0.2) is 15.0 Å². The van der Waals surface area contributed by atoms with Crippen LogP contribution in [0, 0.1) is 0 Å². The van der Waals surface area contributed by atoms with E-state index >= 15 is 0 Å². The lowest BCUT2D eigenvalue weighted by Gasteiger charge is -2.11. The highest BCUT2D eigenvalue weighted by Crippen LogP contribution is 2.40. The molecule has 238 valence electrons. The fraction of sp³-hybridized carbons (Fsp3) is 0. The van der Waals surface area contributed by atoms with Crippen LogP contribution in [0.15, 0.2) is 176 Å². The molecule has 0 saturated carbocycles. The van der Waals surface area contributed by atoms with Gasteiger partial charge in [-0.05, 0) is 80.2 Å². The van der Waals surface area contributed by atoms with E-state index in [1.54, 1.807) is 11.3 Å². The molecule has 0 aliphatic heterocycles. The van der Waals surface area contributed by atoms with E-state index in [0.717, 1.165) is 22.1 Å². The summed E-state index contributed by atoms with van der Waals surface area (Å²) in [6, 6.07) is 62.4. The number of hydrogen-bond acceptors (Lipinski definition) is 4. The summed E-state index contributed by atoms with van der Waals surface area (Å²) in [5.41, 5.74) is 7.74. The average Bonchev–Trinajstić information content (AvgIpc) is 3.59. The van der Waals surface area contributed by atoms with Gasteiger partial charge in [0.15, 0.2) is 17.5 Å². The third kappa shape index (κ3) is 5.34. The van der Waals surface area contributed by atoms with E-state index < -0.39 is 0 Å². The minimum atomic E-state index is 0.658. The maximum absolute atomic E-state index is 5.13. The lowest BCUT2D eigenvalue weighted by atomic mass is 9.95.